The Morgan fingerprint density at radius 3 is 3.00 bits per heavy atom. The average molecular weight is 307 g/mol. The van der Waals surface area contributed by atoms with Gasteiger partial charge in [-0.25, -0.2) is 9.07 Å². The number of nitrogens with one attached hydrogen (secondary N) is 1. The van der Waals surface area contributed by atoms with E-state index in [9.17, 15) is 4.39 Å². The van der Waals surface area contributed by atoms with Gasteiger partial charge < -0.3 is 5.32 Å². The molecule has 1 saturated heterocycles. The SMILES string of the molecule is CC1(C)CSCC(Nc2cc(-n3cnnn3)ccc2F)C1. The Bertz CT molecular complexity index is 614. The maximum Gasteiger partial charge on any atom is 0.146 e. The van der Waals surface area contributed by atoms with Crippen LogP contribution in [-0.4, -0.2) is 37.8 Å². The van der Waals surface area contributed by atoms with Crippen LogP contribution >= 0.6 is 11.8 Å². The third-order valence-electron chi connectivity index (χ3n) is 3.53. The number of rotatable bonds is 3. The summed E-state index contributed by atoms with van der Waals surface area (Å²) in [6.45, 7) is 4.50. The highest BCUT2D eigenvalue weighted by atomic mass is 32.2. The molecule has 1 aromatic heterocycles. The summed E-state index contributed by atoms with van der Waals surface area (Å²) < 4.78 is 15.5. The molecule has 2 heterocycles. The van der Waals surface area contributed by atoms with Crippen LogP contribution in [0.25, 0.3) is 5.69 Å². The zero-order valence-corrected chi connectivity index (χ0v) is 12.9. The number of aromatic nitrogens is 4. The molecule has 21 heavy (non-hydrogen) atoms. The normalized spacial score (nSPS) is 21.2. The van der Waals surface area contributed by atoms with Crippen molar-refractivity contribution in [2.24, 2.45) is 5.41 Å². The molecule has 7 heteroatoms. The maximum absolute atomic E-state index is 14.0. The van der Waals surface area contributed by atoms with Gasteiger partial charge in [-0.05, 0) is 46.2 Å². The summed E-state index contributed by atoms with van der Waals surface area (Å²) in [6.07, 6.45) is 2.53. The lowest BCUT2D eigenvalue weighted by Gasteiger charge is -2.35. The fourth-order valence-electron chi connectivity index (χ4n) is 2.62. The fraction of sp³-hybridized carbons (Fsp3) is 0.500. The molecule has 0 saturated carbocycles. The molecule has 0 spiro atoms. The topological polar surface area (TPSA) is 55.6 Å². The van der Waals surface area contributed by atoms with Gasteiger partial charge in [0.1, 0.15) is 12.1 Å². The summed E-state index contributed by atoms with van der Waals surface area (Å²) in [4.78, 5) is 0. The number of halogens is 1. The molecule has 1 aliphatic rings. The van der Waals surface area contributed by atoms with Crippen molar-refractivity contribution in [3.8, 4) is 5.69 Å². The lowest BCUT2D eigenvalue weighted by molar-refractivity contribution is 0.357. The smallest absolute Gasteiger partial charge is 0.146 e. The molecular weight excluding hydrogens is 289 g/mol. The van der Waals surface area contributed by atoms with Crippen molar-refractivity contribution < 1.29 is 4.39 Å². The van der Waals surface area contributed by atoms with Gasteiger partial charge in [0.2, 0.25) is 0 Å². The Morgan fingerprint density at radius 2 is 2.29 bits per heavy atom. The Morgan fingerprint density at radius 1 is 1.43 bits per heavy atom. The fourth-order valence-corrected chi connectivity index (χ4v) is 3.89. The van der Waals surface area contributed by atoms with Gasteiger partial charge >= 0.3 is 0 Å². The highest BCUT2D eigenvalue weighted by Crippen LogP contribution is 2.35. The molecule has 1 N–H and O–H groups in total. The molecule has 1 aromatic carbocycles. The summed E-state index contributed by atoms with van der Waals surface area (Å²) in [5.41, 5.74) is 1.53. The largest absolute Gasteiger partial charge is 0.379 e. The first kappa shape index (κ1) is 14.3. The van der Waals surface area contributed by atoms with Crippen molar-refractivity contribution in [1.29, 1.82) is 0 Å². The van der Waals surface area contributed by atoms with Gasteiger partial charge in [-0.2, -0.15) is 11.8 Å². The van der Waals surface area contributed by atoms with E-state index < -0.39 is 0 Å². The van der Waals surface area contributed by atoms with E-state index in [0.29, 0.717) is 5.69 Å². The minimum Gasteiger partial charge on any atom is -0.379 e. The molecule has 5 nitrogen and oxygen atoms in total. The van der Waals surface area contributed by atoms with Gasteiger partial charge in [-0.15, -0.1) is 5.10 Å². The van der Waals surface area contributed by atoms with Crippen LogP contribution in [0, 0.1) is 11.2 Å². The second-order valence-electron chi connectivity index (χ2n) is 6.14. The summed E-state index contributed by atoms with van der Waals surface area (Å²) in [5.74, 6) is 1.90. The first-order chi connectivity index (χ1) is 10.0. The van der Waals surface area contributed by atoms with Crippen LogP contribution < -0.4 is 5.32 Å². The summed E-state index contributed by atoms with van der Waals surface area (Å²) >= 11 is 1.91. The quantitative estimate of drug-likeness (QED) is 0.945. The van der Waals surface area contributed by atoms with Crippen LogP contribution in [0.3, 0.4) is 0 Å². The minimum absolute atomic E-state index is 0.250. The van der Waals surface area contributed by atoms with Crippen molar-refractivity contribution >= 4 is 17.4 Å². The van der Waals surface area contributed by atoms with E-state index in [0.717, 1.165) is 23.6 Å². The predicted molar refractivity (Wildman–Crippen MR) is 82.2 cm³/mol. The molecule has 0 bridgehead atoms. The van der Waals surface area contributed by atoms with Gasteiger partial charge in [0.15, 0.2) is 0 Å². The average Bonchev–Trinajstić information content (AvgIpc) is 2.94. The zero-order chi connectivity index (χ0) is 14.9. The molecule has 1 atom stereocenters. The molecule has 3 rings (SSSR count). The second-order valence-corrected chi connectivity index (χ2v) is 7.17. The van der Waals surface area contributed by atoms with Crippen molar-refractivity contribution in [2.45, 2.75) is 26.3 Å². The maximum atomic E-state index is 14.0. The summed E-state index contributed by atoms with van der Waals surface area (Å²) in [7, 11) is 0. The van der Waals surface area contributed by atoms with Crippen LogP contribution in [-0.2, 0) is 0 Å². The number of anilines is 1. The van der Waals surface area contributed by atoms with E-state index in [1.807, 2.05) is 11.8 Å². The van der Waals surface area contributed by atoms with E-state index in [4.69, 9.17) is 0 Å². The Kier molecular flexibility index (Phi) is 3.84. The number of thioether (sulfide) groups is 1. The van der Waals surface area contributed by atoms with Crippen molar-refractivity contribution in [3.63, 3.8) is 0 Å². The molecule has 1 aliphatic heterocycles. The first-order valence-corrected chi connectivity index (χ1v) is 8.06. The highest BCUT2D eigenvalue weighted by molar-refractivity contribution is 7.99. The molecule has 112 valence electrons. The second kappa shape index (κ2) is 5.63. The Labute approximate surface area is 127 Å². The van der Waals surface area contributed by atoms with E-state index >= 15 is 0 Å². The number of hydrogen-bond acceptors (Lipinski definition) is 5. The number of nitrogens with zero attached hydrogens (tertiary/aromatic N) is 4. The Hall–Kier alpha value is -1.63. The van der Waals surface area contributed by atoms with Crippen LogP contribution in [0.15, 0.2) is 24.5 Å². The van der Waals surface area contributed by atoms with Crippen LogP contribution in [0.1, 0.15) is 20.3 Å². The van der Waals surface area contributed by atoms with Crippen molar-refractivity contribution in [3.05, 3.63) is 30.3 Å². The summed E-state index contributed by atoms with van der Waals surface area (Å²) in [5, 5.41) is 14.4. The van der Waals surface area contributed by atoms with E-state index in [1.54, 1.807) is 12.1 Å². The minimum atomic E-state index is -0.250. The molecule has 0 radical (unpaired) electrons. The zero-order valence-electron chi connectivity index (χ0n) is 12.1. The Balaban J connectivity index is 1.80. The van der Waals surface area contributed by atoms with Gasteiger partial charge in [-0.1, -0.05) is 13.8 Å². The van der Waals surface area contributed by atoms with Gasteiger partial charge in [0, 0.05) is 11.8 Å². The van der Waals surface area contributed by atoms with E-state index in [-0.39, 0.29) is 17.3 Å². The molecule has 1 fully saturated rings. The number of benzene rings is 1. The van der Waals surface area contributed by atoms with Crippen molar-refractivity contribution in [1.82, 2.24) is 20.2 Å². The molecular formula is C14H18FN5S. The molecule has 1 unspecified atom stereocenters. The summed E-state index contributed by atoms with van der Waals surface area (Å²) in [6, 6.07) is 5.13. The third kappa shape index (κ3) is 3.34. The highest BCUT2D eigenvalue weighted by Gasteiger charge is 2.28. The van der Waals surface area contributed by atoms with E-state index in [2.05, 4.69) is 34.7 Å². The number of hydrogen-bond donors (Lipinski definition) is 1. The standard InChI is InChI=1S/C14H18FN5S/c1-14(2)6-10(7-21-8-14)17-13-5-11(3-4-12(13)15)20-9-16-18-19-20/h3-5,9-10,17H,6-8H2,1-2H3. The lowest BCUT2D eigenvalue weighted by Crippen LogP contribution is -2.35. The first-order valence-electron chi connectivity index (χ1n) is 6.91. The molecule has 0 aliphatic carbocycles. The van der Waals surface area contributed by atoms with Gasteiger partial charge in [-0.3, -0.25) is 0 Å². The van der Waals surface area contributed by atoms with Crippen LogP contribution in [0.2, 0.25) is 0 Å². The van der Waals surface area contributed by atoms with Crippen LogP contribution in [0.5, 0.6) is 0 Å². The predicted octanol–water partition coefficient (Wildman–Crippen LogP) is 2.75. The van der Waals surface area contributed by atoms with E-state index in [1.165, 1.54) is 17.1 Å². The third-order valence-corrected chi connectivity index (χ3v) is 5.16. The monoisotopic (exact) mass is 307 g/mol. The number of tetrazole rings is 1. The van der Waals surface area contributed by atoms with Gasteiger partial charge in [0.25, 0.3) is 0 Å². The van der Waals surface area contributed by atoms with Crippen molar-refractivity contribution in [2.75, 3.05) is 16.8 Å². The van der Waals surface area contributed by atoms with Crippen LogP contribution in [0.4, 0.5) is 10.1 Å². The molecule has 2 aromatic rings. The lowest BCUT2D eigenvalue weighted by atomic mass is 9.88. The molecule has 0 amide bonds. The van der Waals surface area contributed by atoms with Gasteiger partial charge in [0.05, 0.1) is 11.4 Å².